The van der Waals surface area contributed by atoms with Gasteiger partial charge in [-0.25, -0.2) is 9.59 Å². The molecule has 130 valence electrons. The smallest absolute Gasteiger partial charge is 0.338 e. The fourth-order valence-electron chi connectivity index (χ4n) is 2.01. The van der Waals surface area contributed by atoms with Crippen molar-refractivity contribution in [1.29, 1.82) is 0 Å². The van der Waals surface area contributed by atoms with Gasteiger partial charge in [0.05, 0.1) is 12.7 Å². The predicted molar refractivity (Wildman–Crippen MR) is 91.6 cm³/mol. The van der Waals surface area contributed by atoms with Gasteiger partial charge in [-0.05, 0) is 36.8 Å². The summed E-state index contributed by atoms with van der Waals surface area (Å²) in [7, 11) is 1.50. The molecule has 0 aliphatic rings. The summed E-state index contributed by atoms with van der Waals surface area (Å²) in [6.07, 6.45) is 0. The first-order valence-corrected chi connectivity index (χ1v) is 7.47. The molecule has 2 rings (SSSR count). The van der Waals surface area contributed by atoms with Crippen molar-refractivity contribution < 1.29 is 23.9 Å². The molecule has 7 heteroatoms. The number of benzene rings is 2. The quantitative estimate of drug-likeness (QED) is 0.814. The van der Waals surface area contributed by atoms with Gasteiger partial charge in [-0.2, -0.15) is 0 Å². The molecule has 0 unspecified atom stereocenters. The molecule has 0 aromatic heterocycles. The summed E-state index contributed by atoms with van der Waals surface area (Å²) < 4.78 is 10.0. The zero-order valence-corrected chi connectivity index (χ0v) is 13.9. The van der Waals surface area contributed by atoms with Crippen LogP contribution >= 0.6 is 0 Å². The number of hydrogen-bond donors (Lipinski definition) is 2. The molecule has 0 aliphatic carbocycles. The average molecular weight is 342 g/mol. The maximum atomic E-state index is 11.9. The highest BCUT2D eigenvalue weighted by Crippen LogP contribution is 2.19. The van der Waals surface area contributed by atoms with Crippen LogP contribution in [0, 0.1) is 6.92 Å². The Hall–Kier alpha value is -3.35. The fourth-order valence-corrected chi connectivity index (χ4v) is 2.01. The van der Waals surface area contributed by atoms with Gasteiger partial charge in [-0.3, -0.25) is 10.1 Å². The zero-order chi connectivity index (χ0) is 18.2. The number of rotatable bonds is 5. The summed E-state index contributed by atoms with van der Waals surface area (Å²) in [5.41, 5.74) is 1.66. The van der Waals surface area contributed by atoms with Gasteiger partial charge in [0.25, 0.3) is 5.91 Å². The number of urea groups is 1. The van der Waals surface area contributed by atoms with Gasteiger partial charge in [-0.1, -0.05) is 24.3 Å². The number of imide groups is 1. The van der Waals surface area contributed by atoms with Gasteiger partial charge in [0.2, 0.25) is 0 Å². The second kappa shape index (κ2) is 8.49. The standard InChI is InChI=1S/C18H18N2O5/c1-12-8-9-13(10-15(12)24-2)17(22)25-11-16(21)20-18(23)19-14-6-4-3-5-7-14/h3-10H,11H2,1-2H3,(H2,19,20,21,23). The number of para-hydroxylation sites is 1. The Labute approximate surface area is 144 Å². The summed E-state index contributed by atoms with van der Waals surface area (Å²) in [4.78, 5) is 35.3. The number of ether oxygens (including phenoxy) is 2. The molecular weight excluding hydrogens is 324 g/mol. The maximum Gasteiger partial charge on any atom is 0.338 e. The summed E-state index contributed by atoms with van der Waals surface area (Å²) in [6.45, 7) is 1.27. The molecule has 0 radical (unpaired) electrons. The Balaban J connectivity index is 1.83. The van der Waals surface area contributed by atoms with E-state index in [0.717, 1.165) is 5.56 Å². The second-order valence-corrected chi connectivity index (χ2v) is 5.13. The third-order valence-electron chi connectivity index (χ3n) is 3.26. The van der Waals surface area contributed by atoms with E-state index >= 15 is 0 Å². The summed E-state index contributed by atoms with van der Waals surface area (Å²) in [6, 6.07) is 12.7. The monoisotopic (exact) mass is 342 g/mol. The van der Waals surface area contributed by atoms with E-state index in [-0.39, 0.29) is 5.56 Å². The number of nitrogens with one attached hydrogen (secondary N) is 2. The number of methoxy groups -OCH3 is 1. The molecule has 0 saturated heterocycles. The van der Waals surface area contributed by atoms with E-state index in [1.807, 2.05) is 6.92 Å². The van der Waals surface area contributed by atoms with Crippen LogP contribution in [0.1, 0.15) is 15.9 Å². The van der Waals surface area contributed by atoms with Crippen LogP contribution in [0.2, 0.25) is 0 Å². The second-order valence-electron chi connectivity index (χ2n) is 5.13. The Morgan fingerprint density at radius 3 is 2.44 bits per heavy atom. The van der Waals surface area contributed by atoms with E-state index < -0.39 is 24.5 Å². The SMILES string of the molecule is COc1cc(C(=O)OCC(=O)NC(=O)Nc2ccccc2)ccc1C. The van der Waals surface area contributed by atoms with Crippen molar-refractivity contribution in [3.8, 4) is 5.75 Å². The van der Waals surface area contributed by atoms with Crippen molar-refractivity contribution in [1.82, 2.24) is 5.32 Å². The van der Waals surface area contributed by atoms with Crippen molar-refractivity contribution >= 4 is 23.6 Å². The van der Waals surface area contributed by atoms with Crippen LogP contribution in [0.25, 0.3) is 0 Å². The summed E-state index contributed by atoms with van der Waals surface area (Å²) in [5, 5.41) is 4.56. The number of anilines is 1. The number of carbonyl (C=O) groups excluding carboxylic acids is 3. The molecule has 0 spiro atoms. The third-order valence-corrected chi connectivity index (χ3v) is 3.26. The van der Waals surface area contributed by atoms with Gasteiger partial charge in [0.15, 0.2) is 6.61 Å². The molecule has 25 heavy (non-hydrogen) atoms. The predicted octanol–water partition coefficient (Wildman–Crippen LogP) is 2.51. The molecule has 0 fully saturated rings. The van der Waals surface area contributed by atoms with Crippen LogP contribution in [0.3, 0.4) is 0 Å². The van der Waals surface area contributed by atoms with Crippen molar-refractivity contribution in [3.63, 3.8) is 0 Å². The normalized spacial score (nSPS) is 9.84. The molecule has 0 atom stereocenters. The third kappa shape index (κ3) is 5.35. The minimum absolute atomic E-state index is 0.254. The van der Waals surface area contributed by atoms with Crippen molar-refractivity contribution in [2.75, 3.05) is 19.0 Å². The maximum absolute atomic E-state index is 11.9. The lowest BCUT2D eigenvalue weighted by Gasteiger charge is -2.09. The molecule has 0 bridgehead atoms. The number of carbonyl (C=O) groups is 3. The van der Waals surface area contributed by atoms with E-state index in [0.29, 0.717) is 11.4 Å². The van der Waals surface area contributed by atoms with E-state index in [4.69, 9.17) is 9.47 Å². The highest BCUT2D eigenvalue weighted by molar-refractivity contribution is 6.02. The average Bonchev–Trinajstić information content (AvgIpc) is 2.60. The van der Waals surface area contributed by atoms with Crippen LogP contribution in [0.15, 0.2) is 48.5 Å². The van der Waals surface area contributed by atoms with Gasteiger partial charge in [0, 0.05) is 5.69 Å². The summed E-state index contributed by atoms with van der Waals surface area (Å²) >= 11 is 0. The molecule has 7 nitrogen and oxygen atoms in total. The van der Waals surface area contributed by atoms with Crippen LogP contribution in [-0.2, 0) is 9.53 Å². The van der Waals surface area contributed by atoms with Crippen molar-refractivity contribution in [2.45, 2.75) is 6.92 Å². The molecule has 3 amide bonds. The Morgan fingerprint density at radius 2 is 1.76 bits per heavy atom. The van der Waals surface area contributed by atoms with Gasteiger partial charge >= 0.3 is 12.0 Å². The van der Waals surface area contributed by atoms with Crippen LogP contribution < -0.4 is 15.4 Å². The number of hydrogen-bond acceptors (Lipinski definition) is 5. The first kappa shape index (κ1) is 18.0. The van der Waals surface area contributed by atoms with E-state index in [1.54, 1.807) is 42.5 Å². The molecule has 2 aromatic rings. The lowest BCUT2D eigenvalue weighted by atomic mass is 10.1. The minimum atomic E-state index is -0.735. The van der Waals surface area contributed by atoms with E-state index in [9.17, 15) is 14.4 Å². The highest BCUT2D eigenvalue weighted by atomic mass is 16.5. The Kier molecular flexibility index (Phi) is 6.11. The summed E-state index contributed by atoms with van der Waals surface area (Å²) in [5.74, 6) is -0.876. The largest absolute Gasteiger partial charge is 0.496 e. The van der Waals surface area contributed by atoms with Gasteiger partial charge in [0.1, 0.15) is 5.75 Å². The van der Waals surface area contributed by atoms with E-state index in [1.165, 1.54) is 13.2 Å². The van der Waals surface area contributed by atoms with Gasteiger partial charge < -0.3 is 14.8 Å². The zero-order valence-electron chi connectivity index (χ0n) is 13.9. The van der Waals surface area contributed by atoms with Crippen molar-refractivity contribution in [2.24, 2.45) is 0 Å². The van der Waals surface area contributed by atoms with Gasteiger partial charge in [-0.15, -0.1) is 0 Å². The minimum Gasteiger partial charge on any atom is -0.496 e. The lowest BCUT2D eigenvalue weighted by molar-refractivity contribution is -0.123. The first-order valence-electron chi connectivity index (χ1n) is 7.47. The number of esters is 1. The number of amides is 3. The molecule has 2 N–H and O–H groups in total. The molecule has 0 heterocycles. The van der Waals surface area contributed by atoms with Crippen molar-refractivity contribution in [3.05, 3.63) is 59.7 Å². The molecule has 0 aliphatic heterocycles. The molecular formula is C18H18N2O5. The van der Waals surface area contributed by atoms with E-state index in [2.05, 4.69) is 10.6 Å². The lowest BCUT2D eigenvalue weighted by Crippen LogP contribution is -2.37. The fraction of sp³-hybridized carbons (Fsp3) is 0.167. The van der Waals surface area contributed by atoms with Crippen LogP contribution in [0.5, 0.6) is 5.75 Å². The topological polar surface area (TPSA) is 93.7 Å². The Bertz CT molecular complexity index is 774. The Morgan fingerprint density at radius 1 is 1.04 bits per heavy atom. The number of aryl methyl sites for hydroxylation is 1. The van der Waals surface area contributed by atoms with Crippen LogP contribution in [0.4, 0.5) is 10.5 Å². The first-order chi connectivity index (χ1) is 12.0. The highest BCUT2D eigenvalue weighted by Gasteiger charge is 2.14. The van der Waals surface area contributed by atoms with Crippen LogP contribution in [-0.4, -0.2) is 31.6 Å². The molecule has 0 saturated carbocycles. The molecule has 2 aromatic carbocycles.